The Hall–Kier alpha value is -1.85. The van der Waals surface area contributed by atoms with Gasteiger partial charge in [0.15, 0.2) is 11.1 Å². The molecule has 1 N–H and O–H groups in total. The molecule has 3 rings (SSSR count). The van der Waals surface area contributed by atoms with Crippen LogP contribution < -0.4 is 0 Å². The average Bonchev–Trinajstić information content (AvgIpc) is 2.90. The van der Waals surface area contributed by atoms with Crippen LogP contribution in [0.4, 0.5) is 0 Å². The Kier molecular flexibility index (Phi) is 3.23. The number of nitrogens with one attached hydrogen (secondary N) is 1. The molecule has 0 bridgehead atoms. The van der Waals surface area contributed by atoms with E-state index in [9.17, 15) is 4.55 Å². The van der Waals surface area contributed by atoms with Crippen LogP contribution in [0.3, 0.4) is 0 Å². The van der Waals surface area contributed by atoms with E-state index in [1.165, 1.54) is 0 Å². The highest BCUT2D eigenvalue weighted by Crippen LogP contribution is 2.26. The number of benzene rings is 1. The maximum atomic E-state index is 12.4. The maximum absolute atomic E-state index is 12.4. The summed E-state index contributed by atoms with van der Waals surface area (Å²) in [5, 5.41) is 0.359. The molecule has 0 aliphatic carbocycles. The molecule has 0 aliphatic rings. The molecule has 3 aromatic rings. The van der Waals surface area contributed by atoms with Gasteiger partial charge in [-0.2, -0.15) is 0 Å². The van der Waals surface area contributed by atoms with E-state index in [1.807, 2.05) is 43.3 Å². The molecule has 96 valence electrons. The summed E-state index contributed by atoms with van der Waals surface area (Å²) in [7, 11) is 0. The Bertz CT molecular complexity index is 650. The van der Waals surface area contributed by atoms with Gasteiger partial charge in [0, 0.05) is 23.4 Å². The summed E-state index contributed by atoms with van der Waals surface area (Å²) < 4.78 is 12.4. The standard InChI is InChI=1S/C14H13N3OS/c1-10(19(18)13-8-4-5-9-15-13)14-16-11-6-2-3-7-12(11)17-14/h2-10H,1H3,(H,16,17). The van der Waals surface area contributed by atoms with Crippen molar-refractivity contribution in [2.45, 2.75) is 17.2 Å². The smallest absolute Gasteiger partial charge is 0.245 e. The highest BCUT2D eigenvalue weighted by atomic mass is 32.2. The van der Waals surface area contributed by atoms with E-state index in [1.54, 1.807) is 12.3 Å². The minimum atomic E-state index is -1.21. The summed E-state index contributed by atoms with van der Waals surface area (Å²) in [5.74, 6) is 0.727. The van der Waals surface area contributed by atoms with Crippen LogP contribution in [0.15, 0.2) is 53.7 Å². The molecule has 19 heavy (non-hydrogen) atoms. The monoisotopic (exact) mass is 271 g/mol. The first-order valence-corrected chi connectivity index (χ1v) is 7.23. The highest BCUT2D eigenvalue weighted by Gasteiger charge is 2.25. The fourth-order valence-electron chi connectivity index (χ4n) is 1.91. The third-order valence-electron chi connectivity index (χ3n) is 2.96. The summed E-state index contributed by atoms with van der Waals surface area (Å²) in [6, 6.07) is 13.2. The Morgan fingerprint density at radius 3 is 2.68 bits per heavy atom. The van der Waals surface area contributed by atoms with Crippen LogP contribution >= 0.6 is 0 Å². The molecular formula is C14H13N3OS. The van der Waals surface area contributed by atoms with Crippen molar-refractivity contribution < 1.29 is 4.55 Å². The van der Waals surface area contributed by atoms with Crippen molar-refractivity contribution in [3.63, 3.8) is 0 Å². The predicted octanol–water partition coefficient (Wildman–Crippen LogP) is 2.83. The number of aromatic nitrogens is 3. The van der Waals surface area contributed by atoms with Crippen molar-refractivity contribution in [2.24, 2.45) is 0 Å². The zero-order valence-corrected chi connectivity index (χ0v) is 11.2. The maximum Gasteiger partial charge on any atom is 0.245 e. The number of hydrogen-bond acceptors (Lipinski definition) is 3. The van der Waals surface area contributed by atoms with E-state index in [0.29, 0.717) is 5.03 Å². The van der Waals surface area contributed by atoms with Crippen LogP contribution in [0.2, 0.25) is 0 Å². The number of para-hydroxylation sites is 2. The van der Waals surface area contributed by atoms with Gasteiger partial charge in [0.1, 0.15) is 0 Å². The van der Waals surface area contributed by atoms with Crippen LogP contribution in [-0.4, -0.2) is 19.5 Å². The van der Waals surface area contributed by atoms with E-state index in [4.69, 9.17) is 0 Å². The topological polar surface area (TPSA) is 64.6 Å². The van der Waals surface area contributed by atoms with Gasteiger partial charge in [0.05, 0.1) is 11.0 Å². The fraction of sp³-hybridized carbons (Fsp3) is 0.143. The first-order chi connectivity index (χ1) is 9.25. The van der Waals surface area contributed by atoms with E-state index in [0.717, 1.165) is 16.9 Å². The summed E-state index contributed by atoms with van der Waals surface area (Å²) in [6.45, 7) is 1.89. The van der Waals surface area contributed by atoms with Crippen LogP contribution in [-0.2, 0) is 11.2 Å². The SMILES string of the molecule is CC(c1nc2ccccc2[nH]1)[S+]([O-])c1ccccn1. The number of nitrogens with zero attached hydrogens (tertiary/aromatic N) is 2. The fourth-order valence-corrected chi connectivity index (χ4v) is 2.97. The minimum absolute atomic E-state index is 0.220. The molecule has 0 saturated carbocycles. The summed E-state index contributed by atoms with van der Waals surface area (Å²) in [4.78, 5) is 11.8. The van der Waals surface area contributed by atoms with Gasteiger partial charge in [-0.3, -0.25) is 0 Å². The second-order valence-electron chi connectivity index (χ2n) is 4.25. The molecule has 0 aliphatic heterocycles. The normalized spacial score (nSPS) is 14.4. The summed E-state index contributed by atoms with van der Waals surface area (Å²) >= 11 is -1.21. The molecule has 2 heterocycles. The number of aromatic amines is 1. The summed E-state index contributed by atoms with van der Waals surface area (Å²) in [5.41, 5.74) is 1.85. The van der Waals surface area contributed by atoms with Crippen molar-refractivity contribution >= 4 is 22.2 Å². The lowest BCUT2D eigenvalue weighted by Gasteiger charge is -2.14. The lowest BCUT2D eigenvalue weighted by molar-refractivity contribution is 0.579. The highest BCUT2D eigenvalue weighted by molar-refractivity contribution is 7.91. The number of pyridine rings is 1. The number of imidazole rings is 1. The third-order valence-corrected chi connectivity index (χ3v) is 4.48. The van der Waals surface area contributed by atoms with Gasteiger partial charge in [-0.05, 0) is 25.1 Å². The van der Waals surface area contributed by atoms with Crippen molar-refractivity contribution in [3.05, 3.63) is 54.5 Å². The van der Waals surface area contributed by atoms with Crippen molar-refractivity contribution in [2.75, 3.05) is 0 Å². The number of H-pyrrole nitrogens is 1. The van der Waals surface area contributed by atoms with Gasteiger partial charge < -0.3 is 9.54 Å². The molecule has 0 spiro atoms. The van der Waals surface area contributed by atoms with Crippen molar-refractivity contribution in [3.8, 4) is 0 Å². The second-order valence-corrected chi connectivity index (χ2v) is 5.97. The lowest BCUT2D eigenvalue weighted by Crippen LogP contribution is -2.13. The molecular weight excluding hydrogens is 258 g/mol. The Morgan fingerprint density at radius 2 is 1.95 bits per heavy atom. The first-order valence-electron chi connectivity index (χ1n) is 6.02. The molecule has 2 unspecified atom stereocenters. The largest absolute Gasteiger partial charge is 0.610 e. The second kappa shape index (κ2) is 5.03. The first kappa shape index (κ1) is 12.2. The van der Waals surface area contributed by atoms with Gasteiger partial charge in [0.2, 0.25) is 5.03 Å². The molecule has 4 nitrogen and oxygen atoms in total. The van der Waals surface area contributed by atoms with Crippen LogP contribution in [0.1, 0.15) is 18.0 Å². The molecule has 5 heteroatoms. The van der Waals surface area contributed by atoms with Crippen molar-refractivity contribution in [1.29, 1.82) is 0 Å². The number of hydrogen-bond donors (Lipinski definition) is 1. The molecule has 1 aromatic carbocycles. The van der Waals surface area contributed by atoms with Gasteiger partial charge >= 0.3 is 0 Å². The van der Waals surface area contributed by atoms with Crippen molar-refractivity contribution in [1.82, 2.24) is 15.0 Å². The summed E-state index contributed by atoms with van der Waals surface area (Å²) in [6.07, 6.45) is 1.65. The van der Waals surface area contributed by atoms with E-state index in [2.05, 4.69) is 15.0 Å². The van der Waals surface area contributed by atoms with E-state index in [-0.39, 0.29) is 5.25 Å². The van der Waals surface area contributed by atoms with Gasteiger partial charge in [0.25, 0.3) is 0 Å². The van der Waals surface area contributed by atoms with E-state index >= 15 is 0 Å². The third kappa shape index (κ3) is 2.34. The predicted molar refractivity (Wildman–Crippen MR) is 75.2 cm³/mol. The zero-order valence-electron chi connectivity index (χ0n) is 10.4. The molecule has 2 atom stereocenters. The van der Waals surface area contributed by atoms with Crippen LogP contribution in [0.25, 0.3) is 11.0 Å². The molecule has 2 aromatic heterocycles. The quantitative estimate of drug-likeness (QED) is 0.745. The average molecular weight is 271 g/mol. The Morgan fingerprint density at radius 1 is 1.16 bits per heavy atom. The number of rotatable bonds is 3. The van der Waals surface area contributed by atoms with Gasteiger partial charge in [-0.1, -0.05) is 18.2 Å². The zero-order chi connectivity index (χ0) is 13.2. The lowest BCUT2D eigenvalue weighted by atomic mass is 10.3. The molecule has 0 amide bonds. The van der Waals surface area contributed by atoms with Gasteiger partial charge in [-0.25, -0.2) is 9.97 Å². The van der Waals surface area contributed by atoms with Gasteiger partial charge in [-0.15, -0.1) is 0 Å². The van der Waals surface area contributed by atoms with Crippen LogP contribution in [0, 0.1) is 0 Å². The molecule has 0 saturated heterocycles. The van der Waals surface area contributed by atoms with E-state index < -0.39 is 11.2 Å². The Labute approximate surface area is 114 Å². The molecule has 0 fully saturated rings. The minimum Gasteiger partial charge on any atom is -0.610 e. The van der Waals surface area contributed by atoms with Crippen LogP contribution in [0.5, 0.6) is 0 Å². The number of fused-ring (bicyclic) bond motifs is 1. The molecule has 0 radical (unpaired) electrons. The Balaban J connectivity index is 1.93.